The molecule has 0 saturated heterocycles. The molecule has 0 atom stereocenters. The molecule has 0 N–H and O–H groups in total. The molecular weight excluding hydrogens is 746 g/mol. The van der Waals surface area contributed by atoms with Gasteiger partial charge in [-0.3, -0.25) is 0 Å². The molecule has 0 aromatic heterocycles. The van der Waals surface area contributed by atoms with E-state index in [0.717, 1.165) is 33.2 Å². The Bertz CT molecular complexity index is 1830. The van der Waals surface area contributed by atoms with Crippen molar-refractivity contribution in [1.29, 1.82) is 0 Å². The van der Waals surface area contributed by atoms with E-state index in [0.29, 0.717) is 34.5 Å². The van der Waals surface area contributed by atoms with Crippen LogP contribution in [0.25, 0.3) is 0 Å². The summed E-state index contributed by atoms with van der Waals surface area (Å²) >= 11 is 0. The van der Waals surface area contributed by atoms with Gasteiger partial charge in [-0.15, -0.1) is 0 Å². The smallest absolute Gasteiger partial charge is 0.130 e. The number of ether oxygens (including phenoxy) is 9. The highest BCUT2D eigenvalue weighted by Gasteiger charge is 2.34. The average molecular weight is 795 g/mol. The summed E-state index contributed by atoms with van der Waals surface area (Å²) in [6.45, 7) is 0. The summed E-state index contributed by atoms with van der Waals surface area (Å²) in [6, 6.07) is 42.1. The van der Waals surface area contributed by atoms with Crippen molar-refractivity contribution in [2.24, 2.45) is 0 Å². The van der Waals surface area contributed by atoms with Crippen LogP contribution in [0.4, 0.5) is 0 Å². The third kappa shape index (κ3) is 9.25. The number of benzene rings is 6. The van der Waals surface area contributed by atoms with Gasteiger partial charge in [-0.1, -0.05) is 54.6 Å². The molecule has 0 saturated carbocycles. The summed E-state index contributed by atoms with van der Waals surface area (Å²) in [4.78, 5) is 0. The van der Waals surface area contributed by atoms with Crippen LogP contribution in [0.2, 0.25) is 0 Å². The van der Waals surface area contributed by atoms with Gasteiger partial charge in [0, 0.05) is 7.92 Å². The molecule has 0 bridgehead atoms. The summed E-state index contributed by atoms with van der Waals surface area (Å²) in [6.07, 6.45) is 0. The van der Waals surface area contributed by atoms with Crippen LogP contribution in [0, 0.1) is 0 Å². The van der Waals surface area contributed by atoms with E-state index >= 15 is 0 Å². The van der Waals surface area contributed by atoms with Gasteiger partial charge < -0.3 is 42.6 Å². The average Bonchev–Trinajstić information content (AvgIpc) is 3.27. The first-order chi connectivity index (χ1) is 27.4. The molecule has 0 aliphatic rings. The van der Waals surface area contributed by atoms with Crippen molar-refractivity contribution in [3.63, 3.8) is 0 Å². The molecule has 56 heavy (non-hydrogen) atoms. The van der Waals surface area contributed by atoms with E-state index in [4.69, 9.17) is 42.6 Å². The second-order valence-electron chi connectivity index (χ2n) is 11.8. The molecule has 292 valence electrons. The van der Waals surface area contributed by atoms with E-state index in [9.17, 15) is 0 Å². The Morgan fingerprint density at radius 2 is 0.464 bits per heavy atom. The summed E-state index contributed by atoms with van der Waals surface area (Å²) in [7, 11) is 12.9. The Balaban J connectivity index is 0.000000219. The number of hydrogen-bond acceptors (Lipinski definition) is 9. The van der Waals surface area contributed by atoms with Crippen LogP contribution in [0.1, 0.15) is 0 Å². The van der Waals surface area contributed by atoms with Crippen molar-refractivity contribution < 1.29 is 42.6 Å². The van der Waals surface area contributed by atoms with Crippen molar-refractivity contribution in [2.75, 3.05) is 64.0 Å². The summed E-state index contributed by atoms with van der Waals surface area (Å²) < 4.78 is 50.6. The van der Waals surface area contributed by atoms with Crippen molar-refractivity contribution in [1.82, 2.24) is 0 Å². The predicted octanol–water partition coefficient (Wildman–Crippen LogP) is 6.97. The first-order valence-electron chi connectivity index (χ1n) is 17.5. The molecule has 0 radical (unpaired) electrons. The lowest BCUT2D eigenvalue weighted by atomic mass is 10.3. The van der Waals surface area contributed by atoms with Gasteiger partial charge in [-0.25, -0.2) is 0 Å². The zero-order chi connectivity index (χ0) is 40.0. The monoisotopic (exact) mass is 794 g/mol. The molecule has 6 aromatic rings. The van der Waals surface area contributed by atoms with Crippen LogP contribution in [0.5, 0.6) is 51.7 Å². The topological polar surface area (TPSA) is 83.1 Å². The zero-order valence-electron chi connectivity index (χ0n) is 33.2. The van der Waals surface area contributed by atoms with Crippen LogP contribution in [0.3, 0.4) is 0 Å². The first-order valence-corrected chi connectivity index (χ1v) is 20.2. The van der Waals surface area contributed by atoms with Crippen LogP contribution in [-0.4, -0.2) is 64.0 Å². The Morgan fingerprint density at radius 1 is 0.250 bits per heavy atom. The van der Waals surface area contributed by atoms with Crippen molar-refractivity contribution >= 4 is 47.7 Å². The van der Waals surface area contributed by atoms with Gasteiger partial charge in [0.25, 0.3) is 0 Å². The lowest BCUT2D eigenvalue weighted by molar-refractivity contribution is 0.398. The molecule has 6 aromatic carbocycles. The molecule has 0 spiro atoms. The highest BCUT2D eigenvalue weighted by atomic mass is 31.1. The maximum absolute atomic E-state index is 5.78. The lowest BCUT2D eigenvalue weighted by Gasteiger charge is -2.28. The van der Waals surface area contributed by atoms with Gasteiger partial charge in [0.2, 0.25) is 0 Å². The van der Waals surface area contributed by atoms with E-state index in [-0.39, 0.29) is 0 Å². The molecule has 0 aliphatic heterocycles. The molecule has 11 heteroatoms. The Labute approximate surface area is 332 Å². The van der Waals surface area contributed by atoms with Gasteiger partial charge in [-0.05, 0) is 96.6 Å². The zero-order valence-corrected chi connectivity index (χ0v) is 35.0. The van der Waals surface area contributed by atoms with Crippen LogP contribution in [0.15, 0.2) is 127 Å². The molecular formula is C45H48O9P2. The quantitative estimate of drug-likeness (QED) is 0.103. The minimum atomic E-state index is -1.36. The van der Waals surface area contributed by atoms with Crippen molar-refractivity contribution in [3.8, 4) is 51.7 Å². The van der Waals surface area contributed by atoms with Gasteiger partial charge in [0.15, 0.2) is 0 Å². The maximum Gasteiger partial charge on any atom is 0.130 e. The third-order valence-electron chi connectivity index (χ3n) is 8.87. The minimum Gasteiger partial charge on any atom is -0.497 e. The standard InChI is InChI=1S/C24H27O6P.C21H21O3P/c1-25-16-10-7-11-17(26-2)22(16)31(23-18(27-3)12-8-13-19(23)28-4)24-20(29-5)14-9-15-21(24)30-6;1-22-16-4-10-19(11-5-16)25(20-12-6-17(23-2)7-13-20)21-14-8-18(24-3)9-15-21/h7-15H,1-6H3;4-15H,1-3H3. The summed E-state index contributed by atoms with van der Waals surface area (Å²) in [5.74, 6) is 6.71. The van der Waals surface area contributed by atoms with E-state index < -0.39 is 15.8 Å². The van der Waals surface area contributed by atoms with Crippen LogP contribution >= 0.6 is 15.8 Å². The minimum absolute atomic E-state index is 0.665. The number of hydrogen-bond donors (Lipinski definition) is 0. The highest BCUT2D eigenvalue weighted by molar-refractivity contribution is 7.81. The Hall–Kier alpha value is -5.62. The van der Waals surface area contributed by atoms with Gasteiger partial charge in [0.1, 0.15) is 51.7 Å². The summed E-state index contributed by atoms with van der Waals surface area (Å²) in [5, 5.41) is 6.41. The Morgan fingerprint density at radius 3 is 0.643 bits per heavy atom. The molecule has 9 nitrogen and oxygen atoms in total. The highest BCUT2D eigenvalue weighted by Crippen LogP contribution is 2.49. The van der Waals surface area contributed by atoms with E-state index in [1.807, 2.05) is 91.0 Å². The van der Waals surface area contributed by atoms with Gasteiger partial charge in [0.05, 0.1) is 79.9 Å². The van der Waals surface area contributed by atoms with E-state index in [1.165, 1.54) is 15.9 Å². The fourth-order valence-electron chi connectivity index (χ4n) is 6.13. The summed E-state index contributed by atoms with van der Waals surface area (Å²) in [5.41, 5.74) is 0. The molecule has 6 rings (SSSR count). The molecule has 0 unspecified atom stereocenters. The fourth-order valence-corrected chi connectivity index (χ4v) is 11.4. The van der Waals surface area contributed by atoms with Crippen LogP contribution < -0.4 is 74.5 Å². The number of methoxy groups -OCH3 is 9. The Kier molecular flexibility index (Phi) is 15.1. The third-order valence-corrected chi connectivity index (χ3v) is 14.0. The first kappa shape index (κ1) is 41.5. The van der Waals surface area contributed by atoms with Crippen molar-refractivity contribution in [2.45, 2.75) is 0 Å². The molecule has 0 fully saturated rings. The molecule has 0 amide bonds. The second-order valence-corrected chi connectivity index (χ2v) is 16.0. The second kappa shape index (κ2) is 20.3. The van der Waals surface area contributed by atoms with Crippen molar-refractivity contribution in [3.05, 3.63) is 127 Å². The molecule has 0 aliphatic carbocycles. The fraction of sp³-hybridized carbons (Fsp3) is 0.200. The SMILES string of the molecule is COc1ccc(P(c2ccc(OC)cc2)c2ccc(OC)cc2)cc1.COc1cccc(OC)c1P(c1c(OC)cccc1OC)c1c(OC)cccc1OC. The molecule has 0 heterocycles. The maximum atomic E-state index is 5.78. The predicted molar refractivity (Wildman–Crippen MR) is 229 cm³/mol. The largest absolute Gasteiger partial charge is 0.497 e. The van der Waals surface area contributed by atoms with Gasteiger partial charge >= 0.3 is 0 Å². The lowest BCUT2D eigenvalue weighted by Crippen LogP contribution is -2.27. The normalized spacial score (nSPS) is 10.6. The number of rotatable bonds is 15. The van der Waals surface area contributed by atoms with Crippen LogP contribution in [-0.2, 0) is 0 Å². The van der Waals surface area contributed by atoms with Gasteiger partial charge in [-0.2, -0.15) is 0 Å². The van der Waals surface area contributed by atoms with E-state index in [2.05, 4.69) is 36.4 Å². The van der Waals surface area contributed by atoms with E-state index in [1.54, 1.807) is 64.0 Å².